The highest BCUT2D eigenvalue weighted by Gasteiger charge is 2.29. The molecule has 1 unspecified atom stereocenters. The van der Waals surface area contributed by atoms with Crippen molar-refractivity contribution in [1.82, 2.24) is 0 Å². The SMILES string of the molecule is CCOC(=O)C1OCCc2c(C=O)cccc21. The van der Waals surface area contributed by atoms with Crippen LogP contribution in [-0.2, 0) is 20.7 Å². The van der Waals surface area contributed by atoms with Crippen molar-refractivity contribution >= 4 is 12.3 Å². The topological polar surface area (TPSA) is 52.6 Å². The Morgan fingerprint density at radius 3 is 3.12 bits per heavy atom. The van der Waals surface area contributed by atoms with Crippen molar-refractivity contribution in [3.63, 3.8) is 0 Å². The molecule has 0 saturated carbocycles. The maximum Gasteiger partial charge on any atom is 0.339 e. The fourth-order valence-electron chi connectivity index (χ4n) is 2.05. The summed E-state index contributed by atoms with van der Waals surface area (Å²) in [7, 11) is 0. The Morgan fingerprint density at radius 2 is 2.41 bits per heavy atom. The number of carbonyl (C=O) groups excluding carboxylic acids is 2. The maximum atomic E-state index is 11.7. The minimum atomic E-state index is -0.696. The van der Waals surface area contributed by atoms with E-state index in [1.807, 2.05) is 6.07 Å². The molecular formula is C13H14O4. The molecule has 4 heteroatoms. The normalized spacial score (nSPS) is 18.3. The first-order valence-electron chi connectivity index (χ1n) is 5.63. The first kappa shape index (κ1) is 11.8. The third-order valence-corrected chi connectivity index (χ3v) is 2.80. The van der Waals surface area contributed by atoms with Gasteiger partial charge in [0.15, 0.2) is 6.10 Å². The predicted molar refractivity (Wildman–Crippen MR) is 60.9 cm³/mol. The van der Waals surface area contributed by atoms with Crippen LogP contribution in [0.15, 0.2) is 18.2 Å². The summed E-state index contributed by atoms with van der Waals surface area (Å²) >= 11 is 0. The quantitative estimate of drug-likeness (QED) is 0.589. The fraction of sp³-hybridized carbons (Fsp3) is 0.385. The first-order valence-corrected chi connectivity index (χ1v) is 5.63. The van der Waals surface area contributed by atoms with E-state index in [0.717, 1.165) is 17.4 Å². The van der Waals surface area contributed by atoms with Crippen LogP contribution in [0.2, 0.25) is 0 Å². The first-order chi connectivity index (χ1) is 8.27. The van der Waals surface area contributed by atoms with Crippen molar-refractivity contribution in [2.24, 2.45) is 0 Å². The summed E-state index contributed by atoms with van der Waals surface area (Å²) in [6, 6.07) is 5.31. The molecule has 1 aliphatic rings. The van der Waals surface area contributed by atoms with Gasteiger partial charge >= 0.3 is 5.97 Å². The molecule has 0 N–H and O–H groups in total. The number of hydrogen-bond donors (Lipinski definition) is 0. The molecule has 90 valence electrons. The number of aldehydes is 1. The number of fused-ring (bicyclic) bond motifs is 1. The molecule has 0 aliphatic carbocycles. The van der Waals surface area contributed by atoms with Crippen molar-refractivity contribution in [1.29, 1.82) is 0 Å². The van der Waals surface area contributed by atoms with E-state index >= 15 is 0 Å². The van der Waals surface area contributed by atoms with Crippen molar-refractivity contribution < 1.29 is 19.1 Å². The van der Waals surface area contributed by atoms with E-state index in [4.69, 9.17) is 9.47 Å². The van der Waals surface area contributed by atoms with Gasteiger partial charge < -0.3 is 9.47 Å². The molecule has 1 aromatic carbocycles. The lowest BCUT2D eigenvalue weighted by Gasteiger charge is -2.25. The molecule has 1 aliphatic heterocycles. The lowest BCUT2D eigenvalue weighted by atomic mass is 9.93. The molecule has 0 spiro atoms. The van der Waals surface area contributed by atoms with Gasteiger partial charge in [0.2, 0.25) is 0 Å². The summed E-state index contributed by atoms with van der Waals surface area (Å²) in [6.07, 6.45) is 0.769. The number of rotatable bonds is 3. The van der Waals surface area contributed by atoms with Gasteiger partial charge in [-0.05, 0) is 24.5 Å². The fourth-order valence-corrected chi connectivity index (χ4v) is 2.05. The third kappa shape index (κ3) is 2.22. The van der Waals surface area contributed by atoms with Crippen molar-refractivity contribution in [3.8, 4) is 0 Å². The summed E-state index contributed by atoms with van der Waals surface area (Å²) in [4.78, 5) is 22.6. The Bertz CT molecular complexity index is 439. The van der Waals surface area contributed by atoms with Crippen LogP contribution in [0.4, 0.5) is 0 Å². The summed E-state index contributed by atoms with van der Waals surface area (Å²) in [5.41, 5.74) is 2.27. The largest absolute Gasteiger partial charge is 0.464 e. The van der Waals surface area contributed by atoms with Gasteiger partial charge in [-0.1, -0.05) is 18.2 Å². The Balaban J connectivity index is 2.37. The van der Waals surface area contributed by atoms with Gasteiger partial charge in [-0.15, -0.1) is 0 Å². The molecule has 0 radical (unpaired) electrons. The molecule has 1 atom stereocenters. The van der Waals surface area contributed by atoms with Crippen molar-refractivity contribution in [2.45, 2.75) is 19.4 Å². The summed E-state index contributed by atoms with van der Waals surface area (Å²) < 4.78 is 10.4. The molecule has 4 nitrogen and oxygen atoms in total. The lowest BCUT2D eigenvalue weighted by molar-refractivity contribution is -0.158. The van der Waals surface area contributed by atoms with Crippen LogP contribution in [-0.4, -0.2) is 25.5 Å². The zero-order valence-electron chi connectivity index (χ0n) is 9.64. The predicted octanol–water partition coefficient (Wildman–Crippen LogP) is 1.68. The van der Waals surface area contributed by atoms with Gasteiger partial charge in [-0.2, -0.15) is 0 Å². The number of ether oxygens (including phenoxy) is 2. The molecule has 17 heavy (non-hydrogen) atoms. The molecule has 0 bridgehead atoms. The van der Waals surface area contributed by atoms with E-state index in [9.17, 15) is 9.59 Å². The summed E-state index contributed by atoms with van der Waals surface area (Å²) in [5.74, 6) is -0.392. The standard InChI is InChI=1S/C13H14O4/c1-2-16-13(15)12-11-5-3-4-9(8-14)10(11)6-7-17-12/h3-5,8,12H,2,6-7H2,1H3. The summed E-state index contributed by atoms with van der Waals surface area (Å²) in [6.45, 7) is 2.51. The molecule has 1 aromatic rings. The average molecular weight is 234 g/mol. The highest BCUT2D eigenvalue weighted by atomic mass is 16.6. The second-order valence-corrected chi connectivity index (χ2v) is 3.79. The van der Waals surface area contributed by atoms with Crippen LogP contribution < -0.4 is 0 Å². The van der Waals surface area contributed by atoms with E-state index in [-0.39, 0.29) is 0 Å². The highest BCUT2D eigenvalue weighted by Crippen LogP contribution is 2.29. The van der Waals surface area contributed by atoms with Crippen molar-refractivity contribution in [2.75, 3.05) is 13.2 Å². The average Bonchev–Trinajstić information content (AvgIpc) is 2.37. The Kier molecular flexibility index (Phi) is 3.54. The molecule has 1 heterocycles. The monoisotopic (exact) mass is 234 g/mol. The van der Waals surface area contributed by atoms with Gasteiger partial charge in [-0.3, -0.25) is 4.79 Å². The summed E-state index contributed by atoms with van der Waals surface area (Å²) in [5, 5.41) is 0. The highest BCUT2D eigenvalue weighted by molar-refractivity contribution is 5.82. The van der Waals surface area contributed by atoms with Crippen LogP contribution in [0.3, 0.4) is 0 Å². The molecule has 0 amide bonds. The number of carbonyl (C=O) groups is 2. The van der Waals surface area contributed by atoms with Gasteiger partial charge in [0, 0.05) is 5.56 Å². The zero-order chi connectivity index (χ0) is 12.3. The smallest absolute Gasteiger partial charge is 0.339 e. The molecule has 0 saturated heterocycles. The maximum absolute atomic E-state index is 11.7. The minimum absolute atomic E-state index is 0.321. The number of hydrogen-bond acceptors (Lipinski definition) is 4. The Morgan fingerprint density at radius 1 is 1.59 bits per heavy atom. The van der Waals surface area contributed by atoms with Crippen LogP contribution in [0.5, 0.6) is 0 Å². The van der Waals surface area contributed by atoms with Crippen LogP contribution in [0.1, 0.15) is 34.5 Å². The van der Waals surface area contributed by atoms with Gasteiger partial charge in [-0.25, -0.2) is 4.79 Å². The van der Waals surface area contributed by atoms with E-state index in [2.05, 4.69) is 0 Å². The van der Waals surface area contributed by atoms with Gasteiger partial charge in [0.1, 0.15) is 6.29 Å². The Hall–Kier alpha value is -1.68. The molecule has 0 fully saturated rings. The van der Waals surface area contributed by atoms with Crippen molar-refractivity contribution in [3.05, 3.63) is 34.9 Å². The van der Waals surface area contributed by atoms with Crippen LogP contribution in [0.25, 0.3) is 0 Å². The minimum Gasteiger partial charge on any atom is -0.464 e. The zero-order valence-corrected chi connectivity index (χ0v) is 9.64. The van der Waals surface area contributed by atoms with Crippen LogP contribution >= 0.6 is 0 Å². The van der Waals surface area contributed by atoms with Gasteiger partial charge in [0.05, 0.1) is 13.2 Å². The Labute approximate surface area is 99.5 Å². The van der Waals surface area contributed by atoms with E-state index in [0.29, 0.717) is 25.2 Å². The lowest BCUT2D eigenvalue weighted by Crippen LogP contribution is -2.26. The number of benzene rings is 1. The molecule has 2 rings (SSSR count). The second-order valence-electron chi connectivity index (χ2n) is 3.79. The van der Waals surface area contributed by atoms with E-state index in [1.54, 1.807) is 19.1 Å². The number of esters is 1. The van der Waals surface area contributed by atoms with Crippen LogP contribution in [0, 0.1) is 0 Å². The van der Waals surface area contributed by atoms with Gasteiger partial charge in [0.25, 0.3) is 0 Å². The molecule has 0 aromatic heterocycles. The third-order valence-electron chi connectivity index (χ3n) is 2.80. The molecular weight excluding hydrogens is 220 g/mol. The second kappa shape index (κ2) is 5.10. The van der Waals surface area contributed by atoms with E-state index in [1.165, 1.54) is 0 Å². The van der Waals surface area contributed by atoms with E-state index < -0.39 is 12.1 Å².